The van der Waals surface area contributed by atoms with Gasteiger partial charge in [-0.2, -0.15) is 0 Å². The highest BCUT2D eigenvalue weighted by Gasteiger charge is 2.55. The first kappa shape index (κ1) is 24.9. The van der Waals surface area contributed by atoms with Crippen LogP contribution in [0.5, 0.6) is 0 Å². The lowest BCUT2D eigenvalue weighted by Crippen LogP contribution is -2.57. The number of nitrogens with zero attached hydrogens (tertiary/aromatic N) is 1. The van der Waals surface area contributed by atoms with Gasteiger partial charge >= 0.3 is 6.09 Å². The van der Waals surface area contributed by atoms with Gasteiger partial charge in [0, 0.05) is 0 Å². The molecule has 0 aliphatic carbocycles. The van der Waals surface area contributed by atoms with Crippen molar-refractivity contribution in [2.45, 2.75) is 96.5 Å². The number of ether oxygens (including phenoxy) is 5. The van der Waals surface area contributed by atoms with Crippen LogP contribution in [0, 0.1) is 0 Å². The molecule has 2 saturated heterocycles. The molecule has 1 amide bonds. The van der Waals surface area contributed by atoms with Crippen molar-refractivity contribution in [3.05, 3.63) is 35.9 Å². The highest BCUT2D eigenvalue weighted by atomic mass is 16.8. The Morgan fingerprint density at radius 2 is 1.84 bits per heavy atom. The molecule has 2 aliphatic heterocycles. The normalized spacial score (nSPS) is 28.0. The fraction of sp³-hybridized carbons (Fsp3) is 0.708. The molecule has 2 fully saturated rings. The highest BCUT2D eigenvalue weighted by Crippen LogP contribution is 2.38. The van der Waals surface area contributed by atoms with Gasteiger partial charge in [0.25, 0.3) is 0 Å². The van der Waals surface area contributed by atoms with Crippen molar-refractivity contribution in [3.63, 3.8) is 0 Å². The first-order chi connectivity index (χ1) is 14.8. The molecule has 32 heavy (non-hydrogen) atoms. The van der Waals surface area contributed by atoms with E-state index >= 15 is 0 Å². The van der Waals surface area contributed by atoms with Crippen LogP contribution in [0.4, 0.5) is 4.79 Å². The average Bonchev–Trinajstić information content (AvgIpc) is 3.16. The maximum atomic E-state index is 13.2. The van der Waals surface area contributed by atoms with Gasteiger partial charge in [0.1, 0.15) is 29.6 Å². The van der Waals surface area contributed by atoms with Gasteiger partial charge in [-0.15, -0.1) is 0 Å². The smallest absolute Gasteiger partial charge is 0.412 e. The summed E-state index contributed by atoms with van der Waals surface area (Å²) in [7, 11) is 0. The molecule has 4 atom stereocenters. The van der Waals surface area contributed by atoms with Crippen molar-refractivity contribution in [3.8, 4) is 0 Å². The average molecular weight is 452 g/mol. The minimum absolute atomic E-state index is 0.233. The topological polar surface area (TPSA) is 86.7 Å². The third-order valence-electron chi connectivity index (χ3n) is 5.50. The van der Waals surface area contributed by atoms with Gasteiger partial charge in [-0.25, -0.2) is 4.79 Å². The Morgan fingerprint density at radius 1 is 1.19 bits per heavy atom. The lowest BCUT2D eigenvalue weighted by molar-refractivity contribution is -0.167. The number of aliphatic hydroxyl groups excluding tert-OH is 1. The zero-order valence-electron chi connectivity index (χ0n) is 20.2. The summed E-state index contributed by atoms with van der Waals surface area (Å²) in [6, 6.07) is 9.26. The first-order valence-corrected chi connectivity index (χ1v) is 11.1. The van der Waals surface area contributed by atoms with E-state index in [2.05, 4.69) is 0 Å². The van der Waals surface area contributed by atoms with Crippen LogP contribution < -0.4 is 0 Å². The number of hydrogen-bond acceptors (Lipinski definition) is 7. The van der Waals surface area contributed by atoms with Gasteiger partial charge in [0.15, 0.2) is 5.79 Å². The quantitative estimate of drug-likeness (QED) is 0.709. The van der Waals surface area contributed by atoms with E-state index in [1.807, 2.05) is 65.0 Å². The number of benzene rings is 1. The van der Waals surface area contributed by atoms with E-state index in [1.54, 1.807) is 18.7 Å². The lowest BCUT2D eigenvalue weighted by atomic mass is 10.00. The zero-order valence-corrected chi connectivity index (χ0v) is 20.2. The minimum Gasteiger partial charge on any atom is -0.444 e. The molecule has 2 aliphatic rings. The fourth-order valence-corrected chi connectivity index (χ4v) is 4.22. The largest absolute Gasteiger partial charge is 0.444 e. The van der Waals surface area contributed by atoms with Crippen LogP contribution in [-0.4, -0.2) is 70.8 Å². The van der Waals surface area contributed by atoms with E-state index in [9.17, 15) is 9.90 Å². The molecule has 0 saturated carbocycles. The predicted octanol–water partition coefficient (Wildman–Crippen LogP) is 3.46. The Bertz CT molecular complexity index is 774. The third-order valence-corrected chi connectivity index (χ3v) is 5.50. The Labute approximate surface area is 190 Å². The van der Waals surface area contributed by atoms with E-state index < -0.39 is 47.6 Å². The Balaban J connectivity index is 1.92. The van der Waals surface area contributed by atoms with Crippen LogP contribution in [0.2, 0.25) is 0 Å². The van der Waals surface area contributed by atoms with E-state index in [0.29, 0.717) is 6.61 Å². The van der Waals surface area contributed by atoms with E-state index in [-0.39, 0.29) is 13.2 Å². The van der Waals surface area contributed by atoms with Crippen molar-refractivity contribution in [2.24, 2.45) is 0 Å². The van der Waals surface area contributed by atoms with Crippen LogP contribution >= 0.6 is 0 Å². The minimum atomic E-state index is -0.898. The SMILES string of the molecule is CC(C)(C)OC(=O)N1[C@@H]([C@H](OCc2ccccc2)[C@@H]2OC(C)(C)O[C@H]2CO)COC1(C)C. The Kier molecular flexibility index (Phi) is 7.22. The maximum absolute atomic E-state index is 13.2. The van der Waals surface area contributed by atoms with Crippen molar-refractivity contribution >= 4 is 6.09 Å². The van der Waals surface area contributed by atoms with Gasteiger partial charge in [-0.1, -0.05) is 30.3 Å². The summed E-state index contributed by atoms with van der Waals surface area (Å²) in [5.41, 5.74) is -0.577. The molecular weight excluding hydrogens is 414 g/mol. The molecule has 180 valence electrons. The van der Waals surface area contributed by atoms with E-state index in [0.717, 1.165) is 5.56 Å². The van der Waals surface area contributed by atoms with E-state index in [1.165, 1.54) is 0 Å². The van der Waals surface area contributed by atoms with Crippen molar-refractivity contribution in [1.82, 2.24) is 4.90 Å². The Hall–Kier alpha value is -1.71. The number of aliphatic hydroxyl groups is 1. The molecule has 1 N–H and O–H groups in total. The molecule has 8 heteroatoms. The molecule has 1 aromatic rings. The van der Waals surface area contributed by atoms with Crippen molar-refractivity contribution in [2.75, 3.05) is 13.2 Å². The summed E-state index contributed by atoms with van der Waals surface area (Å²) in [6.07, 6.45) is -2.32. The number of carbonyl (C=O) groups excluding carboxylic acids is 1. The molecule has 2 heterocycles. The van der Waals surface area contributed by atoms with Crippen LogP contribution in [0.15, 0.2) is 30.3 Å². The first-order valence-electron chi connectivity index (χ1n) is 11.1. The van der Waals surface area contributed by atoms with Gasteiger partial charge in [0.2, 0.25) is 0 Å². The molecule has 8 nitrogen and oxygen atoms in total. The van der Waals surface area contributed by atoms with Crippen molar-refractivity contribution < 1.29 is 33.6 Å². The summed E-state index contributed by atoms with van der Waals surface area (Å²) in [5.74, 6) is -0.891. The predicted molar refractivity (Wildman–Crippen MR) is 118 cm³/mol. The molecule has 1 aromatic carbocycles. The number of hydrogen-bond donors (Lipinski definition) is 1. The van der Waals surface area contributed by atoms with E-state index in [4.69, 9.17) is 23.7 Å². The van der Waals surface area contributed by atoms with Crippen LogP contribution in [0.1, 0.15) is 54.0 Å². The second-order valence-corrected chi connectivity index (χ2v) is 10.3. The van der Waals surface area contributed by atoms with Crippen LogP contribution in [0.25, 0.3) is 0 Å². The van der Waals surface area contributed by atoms with Gasteiger partial charge in [0.05, 0.1) is 25.9 Å². The maximum Gasteiger partial charge on any atom is 0.412 e. The fourth-order valence-electron chi connectivity index (χ4n) is 4.22. The van der Waals surface area contributed by atoms with Gasteiger partial charge in [-0.05, 0) is 54.0 Å². The number of rotatable bonds is 6. The molecule has 0 spiro atoms. The zero-order chi connectivity index (χ0) is 23.7. The third kappa shape index (κ3) is 5.80. The summed E-state index contributed by atoms with van der Waals surface area (Å²) in [4.78, 5) is 14.8. The van der Waals surface area contributed by atoms with Crippen LogP contribution in [-0.2, 0) is 30.3 Å². The Morgan fingerprint density at radius 3 is 2.44 bits per heavy atom. The molecular formula is C24H37NO7. The number of carbonyl (C=O) groups is 1. The molecule has 0 bridgehead atoms. The van der Waals surface area contributed by atoms with Crippen molar-refractivity contribution in [1.29, 1.82) is 0 Å². The highest BCUT2D eigenvalue weighted by molar-refractivity contribution is 5.70. The standard InChI is InChI=1S/C24H37NO7/c1-22(2,3)32-21(27)25-17(15-29-23(25,4)5)19(28-14-16-11-9-8-10-12-16)20-18(13-26)30-24(6,7)31-20/h8-12,17-20,26H,13-15H2,1-7H3/t17-,18+,19+,20-/m1/s1. The molecule has 0 aromatic heterocycles. The number of amides is 1. The second-order valence-electron chi connectivity index (χ2n) is 10.3. The molecule has 3 rings (SSSR count). The monoisotopic (exact) mass is 451 g/mol. The lowest BCUT2D eigenvalue weighted by Gasteiger charge is -2.39. The second kappa shape index (κ2) is 9.27. The van der Waals surface area contributed by atoms with Crippen LogP contribution in [0.3, 0.4) is 0 Å². The summed E-state index contributed by atoms with van der Waals surface area (Å²) in [6.45, 7) is 13.0. The van der Waals surface area contributed by atoms with Gasteiger partial charge in [-0.3, -0.25) is 4.90 Å². The summed E-state index contributed by atoms with van der Waals surface area (Å²) >= 11 is 0. The summed E-state index contributed by atoms with van der Waals surface area (Å²) < 4.78 is 30.1. The summed E-state index contributed by atoms with van der Waals surface area (Å²) in [5, 5.41) is 9.98. The van der Waals surface area contributed by atoms with Gasteiger partial charge < -0.3 is 28.8 Å². The molecule has 0 radical (unpaired) electrons. The molecule has 0 unspecified atom stereocenters.